The Kier molecular flexibility index (Phi) is 3.91. The van der Waals surface area contributed by atoms with E-state index in [1.165, 1.54) is 42.4 Å². The Labute approximate surface area is 122 Å². The van der Waals surface area contributed by atoms with Crippen molar-refractivity contribution in [1.29, 1.82) is 0 Å². The summed E-state index contributed by atoms with van der Waals surface area (Å²) in [6.45, 7) is 4.61. The van der Waals surface area contributed by atoms with Gasteiger partial charge in [-0.15, -0.1) is 0 Å². The van der Waals surface area contributed by atoms with Crippen LogP contribution in [-0.4, -0.2) is 0 Å². The second kappa shape index (κ2) is 5.83. The summed E-state index contributed by atoms with van der Waals surface area (Å²) in [4.78, 5) is 0. The van der Waals surface area contributed by atoms with Crippen molar-refractivity contribution < 1.29 is 0 Å². The average molecular weight is 264 g/mol. The van der Waals surface area contributed by atoms with Gasteiger partial charge >= 0.3 is 0 Å². The Balaban J connectivity index is 1.99. The topological polar surface area (TPSA) is 0 Å². The van der Waals surface area contributed by atoms with E-state index in [1.807, 2.05) is 0 Å². The van der Waals surface area contributed by atoms with Crippen LogP contribution in [0.15, 0.2) is 48.5 Å². The molecule has 0 N–H and O–H groups in total. The van der Waals surface area contributed by atoms with E-state index in [0.29, 0.717) is 0 Å². The molecule has 0 heteroatoms. The normalized spacial score (nSPS) is 22.7. The Morgan fingerprint density at radius 1 is 0.850 bits per heavy atom. The minimum Gasteiger partial charge on any atom is -0.0625 e. The molecule has 0 nitrogen and oxygen atoms in total. The molecular formula is C20H24. The molecule has 0 amide bonds. The summed E-state index contributed by atoms with van der Waals surface area (Å²) in [6.07, 6.45) is 5.47. The first kappa shape index (κ1) is 13.4. The van der Waals surface area contributed by atoms with Crippen molar-refractivity contribution in [3.63, 3.8) is 0 Å². The van der Waals surface area contributed by atoms with Crippen molar-refractivity contribution in [2.24, 2.45) is 5.92 Å². The van der Waals surface area contributed by atoms with Gasteiger partial charge < -0.3 is 0 Å². The highest BCUT2D eigenvalue weighted by atomic mass is 14.3. The third kappa shape index (κ3) is 2.80. The maximum Gasteiger partial charge on any atom is -0.0149 e. The second-order valence-corrected chi connectivity index (χ2v) is 6.41. The number of hydrogen-bond acceptors (Lipinski definition) is 0. The monoisotopic (exact) mass is 264 g/mol. The lowest BCUT2D eigenvalue weighted by molar-refractivity contribution is 0.348. The lowest BCUT2D eigenvalue weighted by Gasteiger charge is -2.28. The molecule has 0 unspecified atom stereocenters. The predicted octanol–water partition coefficient (Wildman–Crippen LogP) is 5.96. The van der Waals surface area contributed by atoms with Gasteiger partial charge in [0.05, 0.1) is 0 Å². The van der Waals surface area contributed by atoms with Crippen molar-refractivity contribution >= 4 is 0 Å². The van der Waals surface area contributed by atoms with Crippen LogP contribution in [0.3, 0.4) is 0 Å². The molecule has 0 aromatic heterocycles. The first-order valence-electron chi connectivity index (χ1n) is 7.90. The summed E-state index contributed by atoms with van der Waals surface area (Å²) in [5, 5.41) is 0. The Hall–Kier alpha value is -1.56. The zero-order valence-electron chi connectivity index (χ0n) is 12.6. The standard InChI is InChI=1S/C20H24/c1-15-8-11-18(12-9-15)20-14-16(2)10-13-19(20)17-6-4-3-5-7-17/h3-7,10,13-15,18H,8-9,11-12H2,1-2H3. The van der Waals surface area contributed by atoms with Crippen molar-refractivity contribution in [3.8, 4) is 11.1 Å². The van der Waals surface area contributed by atoms with Gasteiger partial charge in [-0.2, -0.15) is 0 Å². The SMILES string of the molecule is Cc1ccc(-c2ccccc2)c(C2CCC(C)CC2)c1. The minimum absolute atomic E-state index is 0.751. The highest BCUT2D eigenvalue weighted by molar-refractivity contribution is 5.68. The van der Waals surface area contributed by atoms with Crippen LogP contribution in [-0.2, 0) is 0 Å². The third-order valence-electron chi connectivity index (χ3n) is 4.75. The number of aryl methyl sites for hydroxylation is 1. The molecule has 0 radical (unpaired) electrons. The molecule has 1 saturated carbocycles. The molecule has 0 atom stereocenters. The summed E-state index contributed by atoms with van der Waals surface area (Å²) >= 11 is 0. The molecule has 1 fully saturated rings. The van der Waals surface area contributed by atoms with Gasteiger partial charge in [0.1, 0.15) is 0 Å². The van der Waals surface area contributed by atoms with E-state index in [4.69, 9.17) is 0 Å². The summed E-state index contributed by atoms with van der Waals surface area (Å²) in [6, 6.07) is 17.8. The van der Waals surface area contributed by atoms with Gasteiger partial charge in [-0.3, -0.25) is 0 Å². The van der Waals surface area contributed by atoms with E-state index < -0.39 is 0 Å². The second-order valence-electron chi connectivity index (χ2n) is 6.41. The zero-order valence-corrected chi connectivity index (χ0v) is 12.6. The molecule has 0 aliphatic heterocycles. The van der Waals surface area contributed by atoms with Gasteiger partial charge in [0, 0.05) is 0 Å². The maximum absolute atomic E-state index is 2.42. The molecular weight excluding hydrogens is 240 g/mol. The Bertz CT molecular complexity index is 560. The van der Waals surface area contributed by atoms with Crippen molar-refractivity contribution in [2.75, 3.05) is 0 Å². The van der Waals surface area contributed by atoms with Gasteiger partial charge in [-0.1, -0.05) is 73.9 Å². The van der Waals surface area contributed by atoms with E-state index in [-0.39, 0.29) is 0 Å². The minimum atomic E-state index is 0.751. The molecule has 0 bridgehead atoms. The van der Waals surface area contributed by atoms with Crippen LogP contribution >= 0.6 is 0 Å². The third-order valence-corrected chi connectivity index (χ3v) is 4.75. The summed E-state index contributed by atoms with van der Waals surface area (Å²) < 4.78 is 0. The molecule has 0 saturated heterocycles. The number of hydrogen-bond donors (Lipinski definition) is 0. The van der Waals surface area contributed by atoms with Crippen LogP contribution in [0.2, 0.25) is 0 Å². The number of rotatable bonds is 2. The quantitative estimate of drug-likeness (QED) is 0.628. The first-order chi connectivity index (χ1) is 9.74. The first-order valence-corrected chi connectivity index (χ1v) is 7.90. The van der Waals surface area contributed by atoms with Gasteiger partial charge in [-0.25, -0.2) is 0 Å². The molecule has 2 aromatic carbocycles. The van der Waals surface area contributed by atoms with E-state index in [9.17, 15) is 0 Å². The van der Waals surface area contributed by atoms with E-state index in [1.54, 1.807) is 5.56 Å². The Morgan fingerprint density at radius 3 is 2.25 bits per heavy atom. The van der Waals surface area contributed by atoms with E-state index in [2.05, 4.69) is 62.4 Å². The largest absolute Gasteiger partial charge is 0.0625 e. The Morgan fingerprint density at radius 2 is 1.55 bits per heavy atom. The number of benzene rings is 2. The van der Waals surface area contributed by atoms with Crippen LogP contribution in [0, 0.1) is 12.8 Å². The molecule has 0 heterocycles. The van der Waals surface area contributed by atoms with E-state index in [0.717, 1.165) is 11.8 Å². The fourth-order valence-corrected chi connectivity index (χ4v) is 3.47. The lowest BCUT2D eigenvalue weighted by atomic mass is 9.77. The fraction of sp³-hybridized carbons (Fsp3) is 0.400. The molecule has 1 aliphatic rings. The summed E-state index contributed by atoms with van der Waals surface area (Å²) in [5.41, 5.74) is 5.76. The van der Waals surface area contributed by atoms with Crippen LogP contribution in [0.25, 0.3) is 11.1 Å². The van der Waals surface area contributed by atoms with E-state index >= 15 is 0 Å². The van der Waals surface area contributed by atoms with Gasteiger partial charge in [0.2, 0.25) is 0 Å². The van der Waals surface area contributed by atoms with Gasteiger partial charge in [0.15, 0.2) is 0 Å². The molecule has 20 heavy (non-hydrogen) atoms. The molecule has 3 rings (SSSR count). The van der Waals surface area contributed by atoms with Crippen molar-refractivity contribution in [3.05, 3.63) is 59.7 Å². The molecule has 1 aliphatic carbocycles. The summed E-state index contributed by atoms with van der Waals surface area (Å²) in [7, 11) is 0. The molecule has 0 spiro atoms. The predicted molar refractivity (Wildman–Crippen MR) is 87.0 cm³/mol. The van der Waals surface area contributed by atoms with Gasteiger partial charge in [-0.05, 0) is 48.3 Å². The molecule has 104 valence electrons. The maximum atomic E-state index is 2.42. The average Bonchev–Trinajstić information content (AvgIpc) is 2.49. The van der Waals surface area contributed by atoms with Crippen molar-refractivity contribution in [2.45, 2.75) is 45.4 Å². The van der Waals surface area contributed by atoms with Crippen molar-refractivity contribution in [1.82, 2.24) is 0 Å². The van der Waals surface area contributed by atoms with Crippen LogP contribution < -0.4 is 0 Å². The molecule has 2 aromatic rings. The van der Waals surface area contributed by atoms with Crippen LogP contribution in [0.1, 0.15) is 49.7 Å². The smallest absolute Gasteiger partial charge is 0.0149 e. The highest BCUT2D eigenvalue weighted by Gasteiger charge is 2.22. The summed E-state index contributed by atoms with van der Waals surface area (Å²) in [5.74, 6) is 1.66. The van der Waals surface area contributed by atoms with Gasteiger partial charge in [0.25, 0.3) is 0 Å². The highest BCUT2D eigenvalue weighted by Crippen LogP contribution is 2.40. The zero-order chi connectivity index (χ0) is 13.9. The fourth-order valence-electron chi connectivity index (χ4n) is 3.47. The van der Waals surface area contributed by atoms with Crippen LogP contribution in [0.4, 0.5) is 0 Å². The lowest BCUT2D eigenvalue weighted by Crippen LogP contribution is -2.11. The van der Waals surface area contributed by atoms with Crippen LogP contribution in [0.5, 0.6) is 0 Å².